The molecule has 0 aliphatic carbocycles. The third-order valence-corrected chi connectivity index (χ3v) is 19.7. The molecule has 13 aromatic rings. The second-order valence-electron chi connectivity index (χ2n) is 35.3. The van der Waals surface area contributed by atoms with Crippen LogP contribution in [0.5, 0.6) is 0 Å². The van der Waals surface area contributed by atoms with Gasteiger partial charge < -0.3 is 13.7 Å². The molecule has 0 saturated carbocycles. The first-order valence-corrected chi connectivity index (χ1v) is 34.5. The maximum atomic E-state index is 8.82. The number of fused-ring (bicyclic) bond motifs is 9. The summed E-state index contributed by atoms with van der Waals surface area (Å²) in [6, 6.07) is 62.2. The van der Waals surface area contributed by atoms with Gasteiger partial charge in [-0.15, -0.1) is 0 Å². The summed E-state index contributed by atoms with van der Waals surface area (Å²) in [6.07, 6.45) is 0. The van der Waals surface area contributed by atoms with Crippen LogP contribution in [0.4, 0.5) is 0 Å². The van der Waals surface area contributed by atoms with Gasteiger partial charge in [-0.2, -0.15) is 0 Å². The van der Waals surface area contributed by atoms with Crippen LogP contribution in [0.1, 0.15) is 218 Å². The van der Waals surface area contributed by atoms with Gasteiger partial charge in [0.15, 0.2) is 0 Å². The topological polar surface area (TPSA) is 14.8 Å². The van der Waals surface area contributed by atoms with Crippen molar-refractivity contribution in [3.8, 4) is 39.3 Å². The second-order valence-corrected chi connectivity index (χ2v) is 35.3. The van der Waals surface area contributed by atoms with Crippen LogP contribution in [0.25, 0.3) is 105 Å². The van der Waals surface area contributed by atoms with Crippen molar-refractivity contribution < 1.29 is 6.85 Å². The fourth-order valence-electron chi connectivity index (χ4n) is 14.3. The summed E-state index contributed by atoms with van der Waals surface area (Å²) >= 11 is 0. The standard InChI is InChI=1S/C56H64N2.C36H41N/c1-52(2,3)36-24-26-44-42(33-36)43-34-37(53(4,5)6)25-27-45(43)58(44)48-29-28-47-50(51(48)56(13,14)15)49-41(35-20-17-16-18-21-35)22-19-23-46(49)57(47)40-31-38(54(7,8)9)30-39(32-40)55(10,11)12;1-34(2,3)25-21-26(35(4,5)6)23-27(22-25)37-30-19-13-17-28(24-15-11-10-12-16-24)32(30)33-29(36(7,8)9)18-14-20-31(33)37/h16-34H,1-15H3;10-23H,1-9H3/i;10D,11D,12D,15D,16D. The van der Waals surface area contributed by atoms with Crippen LogP contribution in [0, 0.1) is 0 Å². The minimum Gasteiger partial charge on any atom is -0.309 e. The normalized spacial score (nSPS) is 14.0. The molecule has 10 aromatic carbocycles. The van der Waals surface area contributed by atoms with E-state index in [1.165, 1.54) is 105 Å². The third-order valence-electron chi connectivity index (χ3n) is 19.7. The molecular weight excluding hydrogens is 1150 g/mol. The maximum Gasteiger partial charge on any atom is 0.0629 e. The molecule has 488 valence electrons. The summed E-state index contributed by atoms with van der Waals surface area (Å²) < 4.78 is 50.0. The second kappa shape index (κ2) is 23.2. The molecule has 3 aromatic heterocycles. The largest absolute Gasteiger partial charge is 0.309 e. The maximum absolute atomic E-state index is 8.82. The van der Waals surface area contributed by atoms with E-state index in [1.54, 1.807) is 0 Å². The zero-order valence-electron chi connectivity index (χ0n) is 66.5. The average molecular weight is 1260 g/mol. The van der Waals surface area contributed by atoms with Crippen molar-refractivity contribution in [2.75, 3.05) is 0 Å². The molecule has 0 amide bonds. The van der Waals surface area contributed by atoms with Crippen LogP contribution in [0.15, 0.2) is 200 Å². The molecule has 0 aliphatic rings. The Morgan fingerprint density at radius 1 is 0.263 bits per heavy atom. The molecule has 13 rings (SSSR count). The van der Waals surface area contributed by atoms with Crippen LogP contribution in [0.3, 0.4) is 0 Å². The highest BCUT2D eigenvalue weighted by molar-refractivity contribution is 6.20. The van der Waals surface area contributed by atoms with Crippen molar-refractivity contribution in [3.05, 3.63) is 245 Å². The van der Waals surface area contributed by atoms with Gasteiger partial charge in [0.2, 0.25) is 0 Å². The van der Waals surface area contributed by atoms with Gasteiger partial charge in [-0.25, -0.2) is 0 Å². The van der Waals surface area contributed by atoms with Crippen LogP contribution in [0.2, 0.25) is 0 Å². The molecule has 0 radical (unpaired) electrons. The first-order valence-electron chi connectivity index (χ1n) is 37.0. The molecular formula is C92H105N3. The quantitative estimate of drug-likeness (QED) is 0.163. The van der Waals surface area contributed by atoms with E-state index in [1.807, 2.05) is 12.1 Å². The zero-order valence-corrected chi connectivity index (χ0v) is 61.5. The molecule has 0 aliphatic heterocycles. The van der Waals surface area contributed by atoms with Crippen molar-refractivity contribution in [2.24, 2.45) is 0 Å². The minimum absolute atomic E-state index is 0.00997. The highest BCUT2D eigenvalue weighted by Gasteiger charge is 2.33. The molecule has 0 atom stereocenters. The van der Waals surface area contributed by atoms with Crippen LogP contribution >= 0.6 is 0 Å². The van der Waals surface area contributed by atoms with Crippen molar-refractivity contribution in [1.82, 2.24) is 13.7 Å². The van der Waals surface area contributed by atoms with Gasteiger partial charge in [0.1, 0.15) is 0 Å². The van der Waals surface area contributed by atoms with Crippen LogP contribution in [-0.4, -0.2) is 13.7 Å². The molecule has 95 heavy (non-hydrogen) atoms. The van der Waals surface area contributed by atoms with E-state index in [0.29, 0.717) is 5.56 Å². The monoisotopic (exact) mass is 1260 g/mol. The fraction of sp³-hybridized carbons (Fsp3) is 0.348. The van der Waals surface area contributed by atoms with E-state index in [4.69, 9.17) is 6.85 Å². The van der Waals surface area contributed by atoms with E-state index < -0.39 is 0 Å². The lowest BCUT2D eigenvalue weighted by molar-refractivity contribution is 0.567. The Hall–Kier alpha value is -8.40. The summed E-state index contributed by atoms with van der Waals surface area (Å²) in [4.78, 5) is 0. The van der Waals surface area contributed by atoms with Gasteiger partial charge in [-0.3, -0.25) is 0 Å². The Bertz CT molecular complexity index is 5250. The summed E-state index contributed by atoms with van der Waals surface area (Å²) in [5.74, 6) is 0. The van der Waals surface area contributed by atoms with E-state index in [-0.39, 0.29) is 79.1 Å². The van der Waals surface area contributed by atoms with Gasteiger partial charge in [0, 0.05) is 43.7 Å². The lowest BCUT2D eigenvalue weighted by Crippen LogP contribution is -2.17. The summed E-state index contributed by atoms with van der Waals surface area (Å²) in [5.41, 5.74) is 23.8. The number of hydrogen-bond acceptors (Lipinski definition) is 0. The first-order chi connectivity index (χ1) is 46.3. The van der Waals surface area contributed by atoms with Gasteiger partial charge in [-0.05, 0) is 189 Å². The molecule has 3 nitrogen and oxygen atoms in total. The zero-order chi connectivity index (χ0) is 73.0. The third kappa shape index (κ3) is 12.3. The fourth-order valence-corrected chi connectivity index (χ4v) is 14.3. The van der Waals surface area contributed by atoms with Crippen LogP contribution < -0.4 is 0 Å². The van der Waals surface area contributed by atoms with E-state index >= 15 is 0 Å². The number of nitrogens with zero attached hydrogens (tertiary/aromatic N) is 3. The summed E-state index contributed by atoms with van der Waals surface area (Å²) in [6.45, 7) is 55.1. The van der Waals surface area contributed by atoms with Crippen molar-refractivity contribution in [3.63, 3.8) is 0 Å². The first kappa shape index (κ1) is 60.3. The number of aromatic nitrogens is 3. The molecule has 3 heteroatoms. The van der Waals surface area contributed by atoms with E-state index in [9.17, 15) is 0 Å². The summed E-state index contributed by atoms with van der Waals surface area (Å²) in [7, 11) is 0. The molecule has 0 bridgehead atoms. The highest BCUT2D eigenvalue weighted by atomic mass is 15.0. The van der Waals surface area contributed by atoms with Gasteiger partial charge >= 0.3 is 0 Å². The van der Waals surface area contributed by atoms with Crippen LogP contribution in [-0.2, 0) is 43.3 Å². The summed E-state index contributed by atoms with van der Waals surface area (Å²) in [5, 5.41) is 7.20. The average Bonchev–Trinajstić information content (AvgIpc) is 1.54. The number of hydrogen-bond donors (Lipinski definition) is 0. The van der Waals surface area contributed by atoms with Gasteiger partial charge in [0.05, 0.1) is 45.6 Å². The Morgan fingerprint density at radius 3 is 1.05 bits per heavy atom. The molecule has 0 spiro atoms. The highest BCUT2D eigenvalue weighted by Crippen LogP contribution is 2.50. The van der Waals surface area contributed by atoms with E-state index in [0.717, 1.165) is 33.1 Å². The lowest BCUT2D eigenvalue weighted by atomic mass is 9.80. The smallest absolute Gasteiger partial charge is 0.0629 e. The number of benzene rings is 10. The number of rotatable bonds is 5. The predicted octanol–water partition coefficient (Wildman–Crippen LogP) is 26.4. The lowest BCUT2D eigenvalue weighted by Gasteiger charge is -2.27. The predicted molar refractivity (Wildman–Crippen MR) is 416 cm³/mol. The Balaban J connectivity index is 0.000000200. The Kier molecular flexibility index (Phi) is 14.7. The van der Waals surface area contributed by atoms with Crippen molar-refractivity contribution in [1.29, 1.82) is 0 Å². The Labute approximate surface area is 576 Å². The molecule has 0 fully saturated rings. The van der Waals surface area contributed by atoms with Crippen molar-refractivity contribution >= 4 is 65.4 Å². The Morgan fingerprint density at radius 2 is 0.642 bits per heavy atom. The molecule has 0 saturated heterocycles. The molecule has 0 N–H and O–H groups in total. The van der Waals surface area contributed by atoms with Gasteiger partial charge in [-0.1, -0.05) is 287 Å². The molecule has 0 unspecified atom stereocenters. The van der Waals surface area contributed by atoms with Crippen molar-refractivity contribution in [2.45, 2.75) is 209 Å². The van der Waals surface area contributed by atoms with E-state index in [2.05, 4.69) is 338 Å². The minimum atomic E-state index is -0.382. The SMILES string of the molecule is CC(C)(C)c1cc(-n2c3cccc(-c4ccccc4)c3c3c(C(C)(C)C)c(-n4c5ccc(C(C)(C)C)cc5c5cc(C(C)(C)C)ccc54)ccc32)cc(C(C)(C)C)c1.[2H]c1c([2H])c([2H])c(-c2cccc3c2c2c(C(C)(C)C)cccc2n3-c2cc(C(C)(C)C)cc(C(C)(C)C)c2)c([2H])c1[2H]. The molecule has 3 heterocycles. The van der Waals surface area contributed by atoms with Gasteiger partial charge in [0.25, 0.3) is 0 Å².